The third-order valence-electron chi connectivity index (χ3n) is 3.03. The molecular weight excluding hydrogens is 283 g/mol. The molecule has 0 fully saturated rings. The zero-order valence-corrected chi connectivity index (χ0v) is 10.7. The lowest BCUT2D eigenvalue weighted by molar-refractivity contribution is -0.139. The van der Waals surface area contributed by atoms with Crippen molar-refractivity contribution in [3.05, 3.63) is 42.7 Å². The zero-order chi connectivity index (χ0) is 15.0. The second-order valence-corrected chi connectivity index (χ2v) is 4.52. The maximum atomic E-state index is 12.8. The molecule has 3 aromatic rings. The summed E-state index contributed by atoms with van der Waals surface area (Å²) in [6, 6.07) is 7.97. The van der Waals surface area contributed by atoms with Crippen LogP contribution in [0, 0.1) is 0 Å². The molecule has 0 saturated heterocycles. The molecule has 0 spiro atoms. The topological polar surface area (TPSA) is 50.9 Å². The highest BCUT2D eigenvalue weighted by Crippen LogP contribution is 2.32. The normalized spacial score (nSPS) is 12.0. The van der Waals surface area contributed by atoms with Crippen LogP contribution in [0.1, 0.15) is 0 Å². The van der Waals surface area contributed by atoms with E-state index in [4.69, 9.17) is 0 Å². The molecule has 0 atom stereocenters. The van der Waals surface area contributed by atoms with Gasteiger partial charge >= 0.3 is 6.18 Å². The molecule has 0 aliphatic carbocycles. The Balaban J connectivity index is 2.27. The van der Waals surface area contributed by atoms with Crippen molar-refractivity contribution >= 4 is 11.0 Å². The van der Waals surface area contributed by atoms with E-state index in [0.29, 0.717) is 11.0 Å². The minimum Gasteiger partial charge on any atom is -0.506 e. The Hall–Kier alpha value is -2.57. The first-order valence-corrected chi connectivity index (χ1v) is 6.11. The van der Waals surface area contributed by atoms with Crippen molar-refractivity contribution in [2.45, 2.75) is 12.7 Å². The van der Waals surface area contributed by atoms with Crippen LogP contribution in [0.3, 0.4) is 0 Å². The van der Waals surface area contributed by atoms with Crippen molar-refractivity contribution in [2.24, 2.45) is 0 Å². The van der Waals surface area contributed by atoms with E-state index in [2.05, 4.69) is 9.97 Å². The van der Waals surface area contributed by atoms with Crippen molar-refractivity contribution in [2.75, 3.05) is 0 Å². The van der Waals surface area contributed by atoms with Gasteiger partial charge < -0.3 is 9.67 Å². The maximum absolute atomic E-state index is 12.8. The first-order valence-electron chi connectivity index (χ1n) is 6.11. The number of rotatable bonds is 2. The first kappa shape index (κ1) is 13.4. The minimum absolute atomic E-state index is 0.0634. The monoisotopic (exact) mass is 293 g/mol. The van der Waals surface area contributed by atoms with Gasteiger partial charge in [0.25, 0.3) is 0 Å². The molecule has 2 aromatic heterocycles. The molecule has 1 aromatic carbocycles. The van der Waals surface area contributed by atoms with Gasteiger partial charge in [0, 0.05) is 6.20 Å². The minimum atomic E-state index is -4.39. The molecule has 108 valence electrons. The second-order valence-electron chi connectivity index (χ2n) is 4.52. The van der Waals surface area contributed by atoms with Crippen LogP contribution in [0.25, 0.3) is 22.4 Å². The maximum Gasteiger partial charge on any atom is 0.406 e. The predicted octanol–water partition coefficient (Wildman–Crippen LogP) is 3.37. The van der Waals surface area contributed by atoms with E-state index in [9.17, 15) is 18.3 Å². The third kappa shape index (κ3) is 2.54. The average Bonchev–Trinajstić information content (AvgIpc) is 2.76. The van der Waals surface area contributed by atoms with Crippen LogP contribution in [0.5, 0.6) is 5.75 Å². The molecular formula is C14H10F3N3O. The molecule has 3 rings (SSSR count). The van der Waals surface area contributed by atoms with Crippen LogP contribution in [0.15, 0.2) is 42.7 Å². The number of imidazole rings is 1. The molecule has 0 amide bonds. The summed E-state index contributed by atoms with van der Waals surface area (Å²) in [6.45, 7) is -1.18. The lowest BCUT2D eigenvalue weighted by atomic mass is 10.2. The van der Waals surface area contributed by atoms with Crippen LogP contribution >= 0.6 is 0 Å². The quantitative estimate of drug-likeness (QED) is 0.788. The number of aromatic hydroxyl groups is 1. The number of pyridine rings is 1. The largest absolute Gasteiger partial charge is 0.506 e. The van der Waals surface area contributed by atoms with Gasteiger partial charge in [0.15, 0.2) is 0 Å². The van der Waals surface area contributed by atoms with Crippen molar-refractivity contribution in [3.8, 4) is 17.1 Å². The molecule has 7 heteroatoms. The summed E-state index contributed by atoms with van der Waals surface area (Å²) in [4.78, 5) is 7.92. The molecule has 0 bridgehead atoms. The van der Waals surface area contributed by atoms with Gasteiger partial charge in [0.1, 0.15) is 18.1 Å². The molecule has 0 radical (unpaired) electrons. The highest BCUT2D eigenvalue weighted by molar-refractivity contribution is 5.81. The summed E-state index contributed by atoms with van der Waals surface area (Å²) in [5.41, 5.74) is 1.01. The smallest absolute Gasteiger partial charge is 0.406 e. The van der Waals surface area contributed by atoms with Crippen molar-refractivity contribution < 1.29 is 18.3 Å². The Morgan fingerprint density at radius 2 is 1.90 bits per heavy atom. The molecule has 4 nitrogen and oxygen atoms in total. The molecule has 2 heterocycles. The zero-order valence-electron chi connectivity index (χ0n) is 10.7. The van der Waals surface area contributed by atoms with E-state index in [-0.39, 0.29) is 17.1 Å². The number of halogens is 3. The van der Waals surface area contributed by atoms with E-state index in [1.54, 1.807) is 24.3 Å². The van der Waals surface area contributed by atoms with E-state index < -0.39 is 12.7 Å². The fraction of sp³-hybridized carbons (Fsp3) is 0.143. The average molecular weight is 293 g/mol. The van der Waals surface area contributed by atoms with Crippen LogP contribution in [0.2, 0.25) is 0 Å². The van der Waals surface area contributed by atoms with E-state index in [1.165, 1.54) is 18.5 Å². The number of hydrogen-bond donors (Lipinski definition) is 1. The highest BCUT2D eigenvalue weighted by atomic mass is 19.4. The number of fused-ring (bicyclic) bond motifs is 1. The van der Waals surface area contributed by atoms with Gasteiger partial charge in [-0.3, -0.25) is 4.98 Å². The van der Waals surface area contributed by atoms with Gasteiger partial charge in [-0.05, 0) is 18.2 Å². The van der Waals surface area contributed by atoms with Crippen LogP contribution in [-0.4, -0.2) is 25.8 Å². The molecule has 0 unspecified atom stereocenters. The van der Waals surface area contributed by atoms with Crippen LogP contribution < -0.4 is 0 Å². The summed E-state index contributed by atoms with van der Waals surface area (Å²) in [6.07, 6.45) is -1.82. The number of benzene rings is 1. The summed E-state index contributed by atoms with van der Waals surface area (Å²) < 4.78 is 39.5. The summed E-state index contributed by atoms with van der Waals surface area (Å²) in [5, 5.41) is 9.81. The van der Waals surface area contributed by atoms with Crippen molar-refractivity contribution in [3.63, 3.8) is 0 Å². The van der Waals surface area contributed by atoms with Crippen molar-refractivity contribution in [1.82, 2.24) is 14.5 Å². The standard InChI is InChI=1S/C14H10F3N3O/c15-14(16,17)8-20-11-4-2-1-3-10(11)19-13(20)9-5-6-18-7-12(9)21/h1-7,21H,8H2. The second kappa shape index (κ2) is 4.76. The molecule has 0 aliphatic heterocycles. The fourth-order valence-corrected chi connectivity index (χ4v) is 2.20. The van der Waals surface area contributed by atoms with Gasteiger partial charge in [-0.1, -0.05) is 12.1 Å². The first-order chi connectivity index (χ1) is 9.96. The Bertz CT molecular complexity index is 796. The Labute approximate surface area is 117 Å². The lowest BCUT2D eigenvalue weighted by Gasteiger charge is -2.12. The van der Waals surface area contributed by atoms with E-state index in [0.717, 1.165) is 4.57 Å². The van der Waals surface area contributed by atoms with Gasteiger partial charge in [-0.15, -0.1) is 0 Å². The van der Waals surface area contributed by atoms with Gasteiger partial charge in [0.05, 0.1) is 22.8 Å². The Morgan fingerprint density at radius 3 is 2.62 bits per heavy atom. The Kier molecular flexibility index (Phi) is 3.04. The SMILES string of the molecule is Oc1cnccc1-c1nc2ccccc2n1CC(F)(F)F. The summed E-state index contributed by atoms with van der Waals surface area (Å²) >= 11 is 0. The van der Waals surface area contributed by atoms with Gasteiger partial charge in [-0.25, -0.2) is 4.98 Å². The molecule has 21 heavy (non-hydrogen) atoms. The molecule has 0 aliphatic rings. The number of hydrogen-bond acceptors (Lipinski definition) is 3. The molecule has 1 N–H and O–H groups in total. The predicted molar refractivity (Wildman–Crippen MR) is 70.7 cm³/mol. The Morgan fingerprint density at radius 1 is 1.14 bits per heavy atom. The number of alkyl halides is 3. The third-order valence-corrected chi connectivity index (χ3v) is 3.03. The highest BCUT2D eigenvalue weighted by Gasteiger charge is 2.30. The number of nitrogens with zero attached hydrogens (tertiary/aromatic N) is 3. The number of para-hydroxylation sites is 2. The van der Waals surface area contributed by atoms with Gasteiger partial charge in [0.2, 0.25) is 0 Å². The summed E-state index contributed by atoms with van der Waals surface area (Å²) in [7, 11) is 0. The summed E-state index contributed by atoms with van der Waals surface area (Å²) in [5.74, 6) is -0.148. The molecule has 0 saturated carbocycles. The fourth-order valence-electron chi connectivity index (χ4n) is 2.20. The van der Waals surface area contributed by atoms with E-state index in [1.807, 2.05) is 0 Å². The van der Waals surface area contributed by atoms with Crippen LogP contribution in [-0.2, 0) is 6.54 Å². The van der Waals surface area contributed by atoms with E-state index >= 15 is 0 Å². The van der Waals surface area contributed by atoms with Crippen LogP contribution in [0.4, 0.5) is 13.2 Å². The van der Waals surface area contributed by atoms with Crippen molar-refractivity contribution in [1.29, 1.82) is 0 Å². The number of aromatic nitrogens is 3. The van der Waals surface area contributed by atoms with Gasteiger partial charge in [-0.2, -0.15) is 13.2 Å². The lowest BCUT2D eigenvalue weighted by Crippen LogP contribution is -2.18.